The molecule has 1 heterocycles. The van der Waals surface area contributed by atoms with E-state index in [-0.39, 0.29) is 29.7 Å². The zero-order chi connectivity index (χ0) is 16.9. The van der Waals surface area contributed by atoms with Gasteiger partial charge in [-0.25, -0.2) is 13.2 Å². The van der Waals surface area contributed by atoms with Crippen LogP contribution in [0.25, 0.3) is 0 Å². The number of sulfone groups is 1. The van der Waals surface area contributed by atoms with Crippen molar-refractivity contribution >= 4 is 15.9 Å². The Bertz CT molecular complexity index is 488. The van der Waals surface area contributed by atoms with E-state index in [1.54, 1.807) is 18.7 Å². The highest BCUT2D eigenvalue weighted by Gasteiger charge is 2.31. The molecule has 0 spiro atoms. The highest BCUT2D eigenvalue weighted by atomic mass is 32.2. The first-order chi connectivity index (χ1) is 10.9. The fraction of sp³-hybridized carbons (Fsp3) is 0.938. The van der Waals surface area contributed by atoms with Crippen LogP contribution in [0.4, 0.5) is 4.79 Å². The summed E-state index contributed by atoms with van der Waals surface area (Å²) in [5, 5.41) is 2.82. The van der Waals surface area contributed by atoms with Gasteiger partial charge in [0.1, 0.15) is 0 Å². The molecule has 1 aliphatic heterocycles. The van der Waals surface area contributed by atoms with Gasteiger partial charge in [0.05, 0.1) is 18.5 Å². The monoisotopic (exact) mass is 346 g/mol. The lowest BCUT2D eigenvalue weighted by molar-refractivity contribution is -0.0526. The van der Waals surface area contributed by atoms with Gasteiger partial charge in [0, 0.05) is 24.9 Å². The molecule has 0 aromatic carbocycles. The number of urea groups is 1. The lowest BCUT2D eigenvalue weighted by atomic mass is 9.84. The van der Waals surface area contributed by atoms with E-state index >= 15 is 0 Å². The molecule has 1 N–H and O–H groups in total. The van der Waals surface area contributed by atoms with E-state index in [9.17, 15) is 13.2 Å². The Morgan fingerprint density at radius 2 is 2.00 bits per heavy atom. The van der Waals surface area contributed by atoms with Crippen LogP contribution in [0.15, 0.2) is 0 Å². The molecule has 1 saturated carbocycles. The summed E-state index contributed by atoms with van der Waals surface area (Å²) < 4.78 is 29.2. The summed E-state index contributed by atoms with van der Waals surface area (Å²) in [6.07, 6.45) is 6.31. The van der Waals surface area contributed by atoms with Gasteiger partial charge in [-0.1, -0.05) is 26.2 Å². The third-order valence-corrected chi connectivity index (χ3v) is 6.76. The van der Waals surface area contributed by atoms with Crippen LogP contribution in [-0.2, 0) is 14.6 Å². The van der Waals surface area contributed by atoms with Crippen molar-refractivity contribution in [1.82, 2.24) is 10.2 Å². The van der Waals surface area contributed by atoms with Crippen molar-refractivity contribution in [2.75, 3.05) is 31.2 Å². The van der Waals surface area contributed by atoms with E-state index < -0.39 is 9.84 Å². The summed E-state index contributed by atoms with van der Waals surface area (Å²) in [5.74, 6) is 0.650. The molecule has 7 heteroatoms. The number of amides is 2. The topological polar surface area (TPSA) is 75.7 Å². The highest BCUT2D eigenvalue weighted by Crippen LogP contribution is 2.29. The molecule has 0 unspecified atom stereocenters. The number of ether oxygens (including phenoxy) is 1. The van der Waals surface area contributed by atoms with Crippen LogP contribution in [0.5, 0.6) is 0 Å². The Morgan fingerprint density at radius 3 is 2.65 bits per heavy atom. The molecule has 2 amide bonds. The van der Waals surface area contributed by atoms with Gasteiger partial charge in [-0.15, -0.1) is 0 Å². The first-order valence-corrected chi connectivity index (χ1v) is 10.6. The average molecular weight is 346 g/mol. The molecule has 2 aliphatic rings. The van der Waals surface area contributed by atoms with Crippen LogP contribution >= 0.6 is 0 Å². The van der Waals surface area contributed by atoms with Crippen molar-refractivity contribution in [3.05, 3.63) is 0 Å². The number of rotatable bonds is 5. The minimum atomic E-state index is -3.08. The summed E-state index contributed by atoms with van der Waals surface area (Å²) in [6.45, 7) is 5.12. The SMILES string of the molecule is CCS(=O)(=O)C[C@@H](C)NC(=O)N1CCO[C@@H](C2CCCCC2)C1. The molecule has 0 bridgehead atoms. The van der Waals surface area contributed by atoms with Gasteiger partial charge in [0.2, 0.25) is 0 Å². The molecule has 2 rings (SSSR count). The third kappa shape index (κ3) is 5.64. The molecule has 134 valence electrons. The summed E-state index contributed by atoms with van der Waals surface area (Å²) in [6, 6.07) is -0.545. The third-order valence-electron chi connectivity index (χ3n) is 4.87. The maximum Gasteiger partial charge on any atom is 0.317 e. The van der Waals surface area contributed by atoms with Crippen molar-refractivity contribution in [3.63, 3.8) is 0 Å². The van der Waals surface area contributed by atoms with Crippen LogP contribution in [0.3, 0.4) is 0 Å². The standard InChI is InChI=1S/C16H30N2O4S/c1-3-23(20,21)12-13(2)17-16(19)18-9-10-22-15(11-18)14-7-5-4-6-8-14/h13-15H,3-12H2,1-2H3,(H,17,19)/t13-,15-/m1/s1. The van der Waals surface area contributed by atoms with Crippen molar-refractivity contribution in [2.24, 2.45) is 5.92 Å². The minimum absolute atomic E-state index is 0.00830. The largest absolute Gasteiger partial charge is 0.374 e. The van der Waals surface area contributed by atoms with Crippen molar-refractivity contribution in [1.29, 1.82) is 0 Å². The fourth-order valence-corrected chi connectivity index (χ4v) is 4.57. The number of hydrogen-bond acceptors (Lipinski definition) is 4. The molecule has 2 fully saturated rings. The maximum atomic E-state index is 12.4. The minimum Gasteiger partial charge on any atom is -0.374 e. The second-order valence-corrected chi connectivity index (χ2v) is 9.20. The number of carbonyl (C=O) groups excluding carboxylic acids is 1. The second kappa shape index (κ2) is 8.33. The summed E-state index contributed by atoms with van der Waals surface area (Å²) in [7, 11) is -3.08. The van der Waals surface area contributed by atoms with Crippen LogP contribution in [0.2, 0.25) is 0 Å². The molecule has 1 aliphatic carbocycles. The number of morpholine rings is 1. The van der Waals surface area contributed by atoms with Gasteiger partial charge >= 0.3 is 6.03 Å². The zero-order valence-electron chi connectivity index (χ0n) is 14.3. The van der Waals surface area contributed by atoms with Gasteiger partial charge in [0.25, 0.3) is 0 Å². The molecule has 1 saturated heterocycles. The average Bonchev–Trinajstić information content (AvgIpc) is 2.55. The summed E-state index contributed by atoms with van der Waals surface area (Å²) in [4.78, 5) is 14.2. The predicted octanol–water partition coefficient (Wildman–Crippen LogP) is 1.80. The Balaban J connectivity index is 1.84. The number of nitrogens with one attached hydrogen (secondary N) is 1. The van der Waals surface area contributed by atoms with Gasteiger partial charge in [-0.05, 0) is 25.7 Å². The lowest BCUT2D eigenvalue weighted by Crippen LogP contribution is -2.53. The van der Waals surface area contributed by atoms with Crippen molar-refractivity contribution in [3.8, 4) is 0 Å². The normalized spacial score (nSPS) is 25.1. The van der Waals surface area contributed by atoms with Crippen LogP contribution in [-0.4, -0.2) is 62.7 Å². The molecule has 6 nitrogen and oxygen atoms in total. The van der Waals surface area contributed by atoms with E-state index in [0.717, 1.165) is 0 Å². The predicted molar refractivity (Wildman–Crippen MR) is 90.2 cm³/mol. The summed E-state index contributed by atoms with van der Waals surface area (Å²) in [5.41, 5.74) is 0. The van der Waals surface area contributed by atoms with E-state index in [2.05, 4.69) is 5.32 Å². The first kappa shape index (κ1) is 18.5. The molecule has 23 heavy (non-hydrogen) atoms. The van der Waals surface area contributed by atoms with Crippen molar-refractivity contribution in [2.45, 2.75) is 58.1 Å². The van der Waals surface area contributed by atoms with Gasteiger partial charge < -0.3 is 15.0 Å². The Hall–Kier alpha value is -0.820. The number of nitrogens with zero attached hydrogens (tertiary/aromatic N) is 1. The van der Waals surface area contributed by atoms with Crippen LogP contribution in [0, 0.1) is 5.92 Å². The van der Waals surface area contributed by atoms with E-state index in [1.807, 2.05) is 0 Å². The van der Waals surface area contributed by atoms with E-state index in [4.69, 9.17) is 4.74 Å². The van der Waals surface area contributed by atoms with E-state index in [0.29, 0.717) is 25.6 Å². The van der Waals surface area contributed by atoms with Gasteiger partial charge in [0.15, 0.2) is 9.84 Å². The Kier molecular flexibility index (Phi) is 6.71. The first-order valence-electron chi connectivity index (χ1n) is 8.78. The molecule has 2 atom stereocenters. The summed E-state index contributed by atoms with van der Waals surface area (Å²) >= 11 is 0. The van der Waals surface area contributed by atoms with Gasteiger partial charge in [-0.3, -0.25) is 0 Å². The molecular formula is C16H30N2O4S. The quantitative estimate of drug-likeness (QED) is 0.823. The van der Waals surface area contributed by atoms with Gasteiger partial charge in [-0.2, -0.15) is 0 Å². The zero-order valence-corrected chi connectivity index (χ0v) is 15.1. The van der Waals surface area contributed by atoms with Crippen molar-refractivity contribution < 1.29 is 17.9 Å². The Labute approximate surface area is 139 Å². The molecular weight excluding hydrogens is 316 g/mol. The van der Waals surface area contributed by atoms with E-state index in [1.165, 1.54) is 32.1 Å². The lowest BCUT2D eigenvalue weighted by Gasteiger charge is -2.38. The highest BCUT2D eigenvalue weighted by molar-refractivity contribution is 7.91. The maximum absolute atomic E-state index is 12.4. The van der Waals surface area contributed by atoms with Crippen LogP contribution in [0.1, 0.15) is 46.0 Å². The molecule has 0 radical (unpaired) electrons. The number of carbonyl (C=O) groups is 1. The molecule has 0 aromatic rings. The number of hydrogen-bond donors (Lipinski definition) is 1. The van der Waals surface area contributed by atoms with Crippen LogP contribution < -0.4 is 5.32 Å². The fourth-order valence-electron chi connectivity index (χ4n) is 3.49. The molecule has 0 aromatic heterocycles. The second-order valence-electron chi connectivity index (χ2n) is 6.80. The smallest absolute Gasteiger partial charge is 0.317 e. The Morgan fingerprint density at radius 1 is 1.30 bits per heavy atom.